The van der Waals surface area contributed by atoms with Crippen LogP contribution in [-0.2, 0) is 16.0 Å². The number of aryl methyl sites for hydroxylation is 1. The number of anilines is 1. The Bertz CT molecular complexity index is 1050. The lowest BCUT2D eigenvalue weighted by Crippen LogP contribution is -2.46. The SMILES string of the molecule is Cc1ccc(CN2CC3(CCN(C(=O)OC(C)C(F)(F)F)CC3)CC2(C)C)c(N2CCC3(CCOCC3)C2)c1. The van der Waals surface area contributed by atoms with E-state index in [9.17, 15) is 18.0 Å². The molecule has 4 aliphatic heterocycles. The average Bonchev–Trinajstić information content (AvgIpc) is 3.37. The molecule has 1 aromatic rings. The van der Waals surface area contributed by atoms with Crippen molar-refractivity contribution in [1.29, 1.82) is 0 Å². The van der Waals surface area contributed by atoms with Crippen LogP contribution in [0.5, 0.6) is 0 Å². The molecule has 0 aromatic heterocycles. The molecule has 0 aliphatic carbocycles. The molecule has 39 heavy (non-hydrogen) atoms. The Morgan fingerprint density at radius 1 is 1.03 bits per heavy atom. The number of carbonyl (C=O) groups excluding carboxylic acids is 1. The molecule has 0 saturated carbocycles. The third-order valence-corrected chi connectivity index (χ3v) is 9.95. The summed E-state index contributed by atoms with van der Waals surface area (Å²) >= 11 is 0. The molecular weight excluding hydrogens is 507 g/mol. The highest BCUT2D eigenvalue weighted by atomic mass is 19.4. The number of ether oxygens (including phenoxy) is 2. The number of hydrogen-bond donors (Lipinski definition) is 0. The molecule has 4 heterocycles. The molecule has 1 unspecified atom stereocenters. The van der Waals surface area contributed by atoms with Gasteiger partial charge in [0.15, 0.2) is 6.10 Å². The summed E-state index contributed by atoms with van der Waals surface area (Å²) < 4.78 is 48.9. The number of alkyl halides is 3. The maximum Gasteiger partial charge on any atom is 0.425 e. The first kappa shape index (κ1) is 28.5. The van der Waals surface area contributed by atoms with E-state index in [1.165, 1.54) is 28.1 Å². The van der Waals surface area contributed by atoms with Crippen LogP contribution in [0.2, 0.25) is 0 Å². The number of benzene rings is 1. The molecule has 4 saturated heterocycles. The second kappa shape index (κ2) is 10.4. The molecule has 2 spiro atoms. The zero-order chi connectivity index (χ0) is 28.1. The first-order chi connectivity index (χ1) is 18.3. The number of hydrogen-bond acceptors (Lipinski definition) is 5. The van der Waals surface area contributed by atoms with Gasteiger partial charge in [0.25, 0.3) is 0 Å². The Morgan fingerprint density at radius 3 is 2.36 bits per heavy atom. The topological polar surface area (TPSA) is 45.2 Å². The number of halogens is 3. The smallest absolute Gasteiger partial charge is 0.425 e. The van der Waals surface area contributed by atoms with E-state index in [1.807, 2.05) is 0 Å². The summed E-state index contributed by atoms with van der Waals surface area (Å²) in [5, 5.41) is 0. The molecule has 5 rings (SSSR count). The van der Waals surface area contributed by atoms with Crippen LogP contribution in [0, 0.1) is 17.8 Å². The number of carbonyl (C=O) groups is 1. The van der Waals surface area contributed by atoms with Crippen LogP contribution >= 0.6 is 0 Å². The summed E-state index contributed by atoms with van der Waals surface area (Å²) in [4.78, 5) is 19.0. The van der Waals surface area contributed by atoms with Crippen molar-refractivity contribution in [3.8, 4) is 0 Å². The fraction of sp³-hybridized carbons (Fsp3) is 0.767. The van der Waals surface area contributed by atoms with Gasteiger partial charge >= 0.3 is 12.3 Å². The highest BCUT2D eigenvalue weighted by Crippen LogP contribution is 2.49. The van der Waals surface area contributed by atoms with Gasteiger partial charge in [-0.05, 0) is 94.2 Å². The van der Waals surface area contributed by atoms with Crippen molar-refractivity contribution >= 4 is 11.8 Å². The minimum absolute atomic E-state index is 0.0113. The molecular formula is C30H44F3N3O3. The first-order valence-electron chi connectivity index (χ1n) is 14.5. The molecule has 4 fully saturated rings. The predicted octanol–water partition coefficient (Wildman–Crippen LogP) is 6.16. The first-order valence-corrected chi connectivity index (χ1v) is 14.5. The number of rotatable bonds is 4. The van der Waals surface area contributed by atoms with Gasteiger partial charge < -0.3 is 19.3 Å². The van der Waals surface area contributed by atoms with Crippen LogP contribution in [0.4, 0.5) is 23.7 Å². The van der Waals surface area contributed by atoms with E-state index in [-0.39, 0.29) is 11.0 Å². The summed E-state index contributed by atoms with van der Waals surface area (Å²) in [6, 6.07) is 6.85. The molecule has 1 amide bonds. The van der Waals surface area contributed by atoms with Crippen LogP contribution in [0.1, 0.15) is 70.4 Å². The van der Waals surface area contributed by atoms with Gasteiger partial charge in [0.1, 0.15) is 0 Å². The molecule has 0 bridgehead atoms. The quantitative estimate of drug-likeness (QED) is 0.449. The molecule has 0 radical (unpaired) electrons. The molecule has 218 valence electrons. The Morgan fingerprint density at radius 2 is 1.69 bits per heavy atom. The normalized spacial score (nSPS) is 25.4. The second-order valence-corrected chi connectivity index (χ2v) is 13.3. The van der Waals surface area contributed by atoms with Gasteiger partial charge in [-0.3, -0.25) is 4.90 Å². The molecule has 4 aliphatic rings. The summed E-state index contributed by atoms with van der Waals surface area (Å²) in [7, 11) is 0. The monoisotopic (exact) mass is 551 g/mol. The van der Waals surface area contributed by atoms with Gasteiger partial charge in [0.2, 0.25) is 0 Å². The Hall–Kier alpha value is -2.00. The lowest BCUT2D eigenvalue weighted by molar-refractivity contribution is -0.200. The van der Waals surface area contributed by atoms with Crippen molar-refractivity contribution < 1.29 is 27.4 Å². The van der Waals surface area contributed by atoms with Crippen molar-refractivity contribution in [3.05, 3.63) is 29.3 Å². The number of likely N-dealkylation sites (tertiary alicyclic amines) is 2. The number of piperidine rings is 1. The van der Waals surface area contributed by atoms with Crippen molar-refractivity contribution in [2.45, 2.75) is 90.6 Å². The summed E-state index contributed by atoms with van der Waals surface area (Å²) in [6.07, 6.45) is -1.42. The third kappa shape index (κ3) is 6.04. The van der Waals surface area contributed by atoms with E-state index >= 15 is 0 Å². The van der Waals surface area contributed by atoms with E-state index in [0.29, 0.717) is 18.5 Å². The summed E-state index contributed by atoms with van der Waals surface area (Å²) in [5.41, 5.74) is 4.41. The van der Waals surface area contributed by atoms with Gasteiger partial charge in [-0.2, -0.15) is 13.2 Å². The Kier molecular flexibility index (Phi) is 7.63. The zero-order valence-corrected chi connectivity index (χ0v) is 23.9. The second-order valence-electron chi connectivity index (χ2n) is 13.3. The van der Waals surface area contributed by atoms with Crippen LogP contribution in [0.25, 0.3) is 0 Å². The van der Waals surface area contributed by atoms with Gasteiger partial charge in [-0.15, -0.1) is 0 Å². The average molecular weight is 552 g/mol. The van der Waals surface area contributed by atoms with Crippen molar-refractivity contribution in [1.82, 2.24) is 9.80 Å². The zero-order valence-electron chi connectivity index (χ0n) is 23.9. The predicted molar refractivity (Wildman–Crippen MR) is 145 cm³/mol. The lowest BCUT2D eigenvalue weighted by Gasteiger charge is -2.39. The molecule has 6 nitrogen and oxygen atoms in total. The minimum Gasteiger partial charge on any atom is -0.437 e. The van der Waals surface area contributed by atoms with E-state index in [2.05, 4.69) is 48.8 Å². The maximum atomic E-state index is 12.9. The highest BCUT2D eigenvalue weighted by Gasteiger charge is 2.50. The summed E-state index contributed by atoms with van der Waals surface area (Å²) in [6.45, 7) is 14.2. The minimum atomic E-state index is -4.54. The van der Waals surface area contributed by atoms with Crippen molar-refractivity contribution in [3.63, 3.8) is 0 Å². The van der Waals surface area contributed by atoms with Crippen LogP contribution < -0.4 is 4.90 Å². The largest absolute Gasteiger partial charge is 0.437 e. The standard InChI is InChI=1S/C30H44F3N3O3/c1-22-5-6-24(25(17-22)35-14-7-28(20-35)10-15-38-16-11-28)18-36-21-29(19-27(36,3)4)8-12-34(13-9-29)26(37)39-23(2)30(31,32)33/h5-6,17,23H,7-16,18-21H2,1-4H3. The van der Waals surface area contributed by atoms with Crippen molar-refractivity contribution in [2.24, 2.45) is 10.8 Å². The fourth-order valence-corrected chi connectivity index (χ4v) is 7.43. The maximum absolute atomic E-state index is 12.9. The number of amides is 1. The van der Waals surface area contributed by atoms with Gasteiger partial charge in [0, 0.05) is 63.7 Å². The van der Waals surface area contributed by atoms with E-state index in [0.717, 1.165) is 78.4 Å². The lowest BCUT2D eigenvalue weighted by atomic mass is 9.74. The highest BCUT2D eigenvalue weighted by molar-refractivity contribution is 5.68. The Balaban J connectivity index is 1.25. The van der Waals surface area contributed by atoms with E-state index in [4.69, 9.17) is 9.47 Å². The van der Waals surface area contributed by atoms with Crippen molar-refractivity contribution in [2.75, 3.05) is 50.8 Å². The van der Waals surface area contributed by atoms with E-state index in [1.54, 1.807) is 0 Å². The van der Waals surface area contributed by atoms with Gasteiger partial charge in [0.05, 0.1) is 0 Å². The molecule has 9 heteroatoms. The van der Waals surface area contributed by atoms with Gasteiger partial charge in [-0.1, -0.05) is 12.1 Å². The van der Waals surface area contributed by atoms with Crippen LogP contribution in [-0.4, -0.2) is 79.6 Å². The number of nitrogens with zero attached hydrogens (tertiary/aromatic N) is 3. The fourth-order valence-electron chi connectivity index (χ4n) is 7.43. The van der Waals surface area contributed by atoms with Crippen LogP contribution in [0.15, 0.2) is 18.2 Å². The van der Waals surface area contributed by atoms with E-state index < -0.39 is 18.4 Å². The Labute approximate surface area is 230 Å². The van der Waals surface area contributed by atoms with Gasteiger partial charge in [-0.25, -0.2) is 4.79 Å². The van der Waals surface area contributed by atoms with Crippen LogP contribution in [0.3, 0.4) is 0 Å². The summed E-state index contributed by atoms with van der Waals surface area (Å²) in [5.74, 6) is 0. The molecule has 0 N–H and O–H groups in total. The third-order valence-electron chi connectivity index (χ3n) is 9.95. The molecule has 1 aromatic carbocycles. The molecule has 1 atom stereocenters.